The molecule has 2 aliphatic rings. The van der Waals surface area contributed by atoms with Crippen LogP contribution in [0.3, 0.4) is 0 Å². The van der Waals surface area contributed by atoms with E-state index in [9.17, 15) is 9.90 Å². The van der Waals surface area contributed by atoms with Crippen LogP contribution >= 0.6 is 0 Å². The average Bonchev–Trinajstić information content (AvgIpc) is 2.93. The van der Waals surface area contributed by atoms with E-state index >= 15 is 0 Å². The molecule has 0 fully saturated rings. The second-order valence-corrected chi connectivity index (χ2v) is 7.69. The molecule has 0 aromatic heterocycles. The fraction of sp³-hybridized carbons (Fsp3) is 0.500. The molecule has 1 aromatic rings. The highest BCUT2D eigenvalue weighted by Gasteiger charge is 2.52. The number of benzene rings is 1. The zero-order valence-electron chi connectivity index (χ0n) is 15.4. The number of hydrogen-bond acceptors (Lipinski definition) is 3. The summed E-state index contributed by atoms with van der Waals surface area (Å²) in [6, 6.07) is 8.09. The summed E-state index contributed by atoms with van der Waals surface area (Å²) in [4.78, 5) is 13.1. The van der Waals surface area contributed by atoms with Gasteiger partial charge in [-0.2, -0.15) is 0 Å². The summed E-state index contributed by atoms with van der Waals surface area (Å²) in [6.07, 6.45) is 8.44. The van der Waals surface area contributed by atoms with Gasteiger partial charge in [0.15, 0.2) is 0 Å². The van der Waals surface area contributed by atoms with Crippen molar-refractivity contribution in [3.8, 4) is 0 Å². The van der Waals surface area contributed by atoms with E-state index in [1.54, 1.807) is 0 Å². The smallest absolute Gasteiger partial charge is 0.147 e. The van der Waals surface area contributed by atoms with Crippen molar-refractivity contribution in [2.45, 2.75) is 51.6 Å². The number of carbonyl (C=O) groups is 1. The SMILES string of the molecule is CCC(OCCO)(C1=CC=CCC1(C)C)C1C(=O)Cc2ccccc21. The van der Waals surface area contributed by atoms with E-state index in [1.165, 1.54) is 0 Å². The number of allylic oxidation sites excluding steroid dienone is 3. The number of rotatable bonds is 6. The zero-order valence-corrected chi connectivity index (χ0v) is 15.4. The Hall–Kier alpha value is -1.71. The first kappa shape index (κ1) is 18.1. The van der Waals surface area contributed by atoms with Crippen molar-refractivity contribution in [3.05, 3.63) is 59.2 Å². The number of fused-ring (bicyclic) bond motifs is 1. The summed E-state index contributed by atoms with van der Waals surface area (Å²) in [7, 11) is 0. The number of aliphatic hydroxyl groups is 1. The number of carbonyl (C=O) groups excluding carboxylic acids is 1. The lowest BCUT2D eigenvalue weighted by Crippen LogP contribution is -2.48. The lowest BCUT2D eigenvalue weighted by molar-refractivity contribution is -0.129. The molecule has 0 spiro atoms. The lowest BCUT2D eigenvalue weighted by Gasteiger charge is -2.46. The van der Waals surface area contributed by atoms with E-state index in [-0.39, 0.29) is 30.3 Å². The van der Waals surface area contributed by atoms with Crippen LogP contribution in [-0.2, 0) is 16.0 Å². The van der Waals surface area contributed by atoms with Gasteiger partial charge in [0.2, 0.25) is 0 Å². The highest BCUT2D eigenvalue weighted by Crippen LogP contribution is 2.52. The van der Waals surface area contributed by atoms with Crippen molar-refractivity contribution in [2.24, 2.45) is 5.41 Å². The van der Waals surface area contributed by atoms with Crippen molar-refractivity contribution < 1.29 is 14.6 Å². The third kappa shape index (κ3) is 3.00. The van der Waals surface area contributed by atoms with Crippen molar-refractivity contribution in [3.63, 3.8) is 0 Å². The quantitative estimate of drug-likeness (QED) is 0.852. The molecular formula is C22H28O3. The Kier molecular flexibility index (Phi) is 4.99. The Morgan fingerprint density at radius 1 is 1.32 bits per heavy atom. The maximum absolute atomic E-state index is 13.1. The van der Waals surface area contributed by atoms with Crippen LogP contribution in [0.15, 0.2) is 48.1 Å². The Balaban J connectivity index is 2.17. The molecule has 2 atom stereocenters. The maximum Gasteiger partial charge on any atom is 0.147 e. The van der Waals surface area contributed by atoms with Gasteiger partial charge in [-0.15, -0.1) is 0 Å². The fourth-order valence-electron chi connectivity index (χ4n) is 4.57. The largest absolute Gasteiger partial charge is 0.394 e. The third-order valence-electron chi connectivity index (χ3n) is 5.71. The van der Waals surface area contributed by atoms with Gasteiger partial charge in [-0.3, -0.25) is 4.79 Å². The van der Waals surface area contributed by atoms with E-state index in [2.05, 4.69) is 45.1 Å². The van der Waals surface area contributed by atoms with Crippen molar-refractivity contribution in [1.82, 2.24) is 0 Å². The number of Topliss-reactive ketones (excluding diaryl/α,β-unsaturated/α-hetero) is 1. The van der Waals surface area contributed by atoms with E-state index in [0.717, 1.165) is 23.1 Å². The van der Waals surface area contributed by atoms with Crippen molar-refractivity contribution in [1.29, 1.82) is 0 Å². The van der Waals surface area contributed by atoms with Gasteiger partial charge in [-0.05, 0) is 35.0 Å². The van der Waals surface area contributed by atoms with Gasteiger partial charge in [-0.25, -0.2) is 0 Å². The van der Waals surface area contributed by atoms with Gasteiger partial charge >= 0.3 is 0 Å². The molecule has 3 heteroatoms. The molecule has 25 heavy (non-hydrogen) atoms. The first-order chi connectivity index (χ1) is 12.0. The molecule has 0 saturated heterocycles. The molecule has 0 heterocycles. The summed E-state index contributed by atoms with van der Waals surface area (Å²) in [5, 5.41) is 9.41. The Morgan fingerprint density at radius 2 is 2.08 bits per heavy atom. The molecule has 134 valence electrons. The number of aliphatic hydroxyl groups excluding tert-OH is 1. The highest BCUT2D eigenvalue weighted by molar-refractivity contribution is 5.94. The Labute approximate surface area is 150 Å². The van der Waals surface area contributed by atoms with Crippen LogP contribution in [0.4, 0.5) is 0 Å². The molecule has 2 unspecified atom stereocenters. The standard InChI is InChI=1S/C22H28O3/c1-4-22(25-14-13-23,19-11-7-8-12-21(19,2)3)20-17-10-6-5-9-16(17)15-18(20)24/h5-11,20,23H,4,12-15H2,1-3H3. The molecular weight excluding hydrogens is 312 g/mol. The van der Waals surface area contributed by atoms with Crippen molar-refractivity contribution in [2.75, 3.05) is 13.2 Å². The molecule has 0 bridgehead atoms. The topological polar surface area (TPSA) is 46.5 Å². The predicted molar refractivity (Wildman–Crippen MR) is 99.6 cm³/mol. The lowest BCUT2D eigenvalue weighted by atomic mass is 9.64. The molecule has 0 saturated carbocycles. The summed E-state index contributed by atoms with van der Waals surface area (Å²) in [5.41, 5.74) is 2.55. The van der Waals surface area contributed by atoms with Gasteiger partial charge < -0.3 is 9.84 Å². The Morgan fingerprint density at radius 3 is 2.76 bits per heavy atom. The summed E-state index contributed by atoms with van der Waals surface area (Å²) < 4.78 is 6.34. The average molecular weight is 340 g/mol. The molecule has 0 aliphatic heterocycles. The monoisotopic (exact) mass is 340 g/mol. The van der Waals surface area contributed by atoms with Gasteiger partial charge in [0, 0.05) is 6.42 Å². The van der Waals surface area contributed by atoms with Crippen LogP contribution in [0.25, 0.3) is 0 Å². The van der Waals surface area contributed by atoms with Crippen LogP contribution in [0, 0.1) is 5.41 Å². The van der Waals surface area contributed by atoms with Crippen molar-refractivity contribution >= 4 is 5.78 Å². The van der Waals surface area contributed by atoms with E-state index in [4.69, 9.17) is 4.74 Å². The summed E-state index contributed by atoms with van der Waals surface area (Å²) in [5.74, 6) is -0.0930. The normalized spacial score (nSPS) is 23.9. The zero-order chi connectivity index (χ0) is 18.1. The molecule has 0 radical (unpaired) electrons. The molecule has 1 aromatic carbocycles. The number of ketones is 1. The minimum absolute atomic E-state index is 0.0478. The van der Waals surface area contributed by atoms with Gasteiger partial charge in [0.05, 0.1) is 19.1 Å². The second-order valence-electron chi connectivity index (χ2n) is 7.69. The van der Waals surface area contributed by atoms with Crippen LogP contribution in [-0.4, -0.2) is 29.7 Å². The minimum Gasteiger partial charge on any atom is -0.394 e. The summed E-state index contributed by atoms with van der Waals surface area (Å²) in [6.45, 7) is 6.69. The first-order valence-electron chi connectivity index (χ1n) is 9.19. The third-order valence-corrected chi connectivity index (χ3v) is 5.71. The van der Waals surface area contributed by atoms with Crippen LogP contribution in [0.1, 0.15) is 50.7 Å². The fourth-order valence-corrected chi connectivity index (χ4v) is 4.57. The van der Waals surface area contributed by atoms with Gasteiger partial charge in [0.25, 0.3) is 0 Å². The summed E-state index contributed by atoms with van der Waals surface area (Å²) >= 11 is 0. The van der Waals surface area contributed by atoms with Crippen LogP contribution < -0.4 is 0 Å². The maximum atomic E-state index is 13.1. The molecule has 1 N–H and O–H groups in total. The highest BCUT2D eigenvalue weighted by atomic mass is 16.5. The second kappa shape index (κ2) is 6.89. The van der Waals surface area contributed by atoms with E-state index < -0.39 is 5.60 Å². The molecule has 3 rings (SSSR count). The van der Waals surface area contributed by atoms with Gasteiger partial charge in [-0.1, -0.05) is 63.3 Å². The number of hydrogen-bond donors (Lipinski definition) is 1. The Bertz CT molecular complexity index is 714. The predicted octanol–water partition coefficient (Wildman–Crippen LogP) is 3.97. The number of ether oxygens (including phenoxy) is 1. The van der Waals surface area contributed by atoms with Gasteiger partial charge in [0.1, 0.15) is 11.4 Å². The molecule has 0 amide bonds. The molecule has 2 aliphatic carbocycles. The molecule has 3 nitrogen and oxygen atoms in total. The minimum atomic E-state index is -0.708. The van der Waals surface area contributed by atoms with Crippen LogP contribution in [0.5, 0.6) is 0 Å². The first-order valence-corrected chi connectivity index (χ1v) is 9.19. The van der Waals surface area contributed by atoms with E-state index in [0.29, 0.717) is 12.8 Å². The van der Waals surface area contributed by atoms with E-state index in [1.807, 2.05) is 18.2 Å². The van der Waals surface area contributed by atoms with Crippen LogP contribution in [0.2, 0.25) is 0 Å².